The third-order valence-corrected chi connectivity index (χ3v) is 2.30. The predicted molar refractivity (Wildman–Crippen MR) is 61.6 cm³/mol. The molecular formula is C10H7ClN4O3. The van der Waals surface area contributed by atoms with Gasteiger partial charge in [0, 0.05) is 6.07 Å². The Morgan fingerprint density at radius 1 is 1.39 bits per heavy atom. The van der Waals surface area contributed by atoms with Crippen molar-refractivity contribution in [2.45, 2.75) is 0 Å². The van der Waals surface area contributed by atoms with E-state index in [1.165, 1.54) is 25.7 Å². The van der Waals surface area contributed by atoms with Crippen molar-refractivity contribution in [2.24, 2.45) is 0 Å². The number of halogens is 1. The number of hydrogen-bond donors (Lipinski definition) is 1. The Balaban J connectivity index is 2.50. The second kappa shape index (κ2) is 4.92. The minimum atomic E-state index is -1.23. The van der Waals surface area contributed by atoms with Crippen LogP contribution < -0.4 is 4.74 Å². The van der Waals surface area contributed by atoms with E-state index >= 15 is 0 Å². The summed E-state index contributed by atoms with van der Waals surface area (Å²) in [5.74, 6) is -0.766. The molecule has 0 amide bonds. The lowest BCUT2D eigenvalue weighted by molar-refractivity contribution is 0.0690. The summed E-state index contributed by atoms with van der Waals surface area (Å²) in [4.78, 5) is 26.4. The van der Waals surface area contributed by atoms with Gasteiger partial charge in [-0.3, -0.25) is 0 Å². The first kappa shape index (κ1) is 12.2. The highest BCUT2D eigenvalue weighted by Crippen LogP contribution is 2.19. The van der Waals surface area contributed by atoms with Crippen LogP contribution in [0.3, 0.4) is 0 Å². The number of carboxylic acid groups (broad SMARTS) is 1. The highest BCUT2D eigenvalue weighted by atomic mass is 35.5. The molecule has 0 spiro atoms. The largest absolute Gasteiger partial charge is 0.481 e. The van der Waals surface area contributed by atoms with E-state index in [-0.39, 0.29) is 16.5 Å². The van der Waals surface area contributed by atoms with Gasteiger partial charge in [0.05, 0.1) is 18.3 Å². The Labute approximate surface area is 106 Å². The van der Waals surface area contributed by atoms with E-state index in [1.54, 1.807) is 0 Å². The Morgan fingerprint density at radius 2 is 2.17 bits per heavy atom. The quantitative estimate of drug-likeness (QED) is 0.894. The van der Waals surface area contributed by atoms with Gasteiger partial charge in [-0.2, -0.15) is 0 Å². The molecule has 0 aliphatic rings. The molecule has 18 heavy (non-hydrogen) atoms. The van der Waals surface area contributed by atoms with Crippen molar-refractivity contribution in [3.05, 3.63) is 29.3 Å². The van der Waals surface area contributed by atoms with Crippen molar-refractivity contribution in [3.8, 4) is 17.4 Å². The van der Waals surface area contributed by atoms with Gasteiger partial charge < -0.3 is 9.84 Å². The van der Waals surface area contributed by atoms with Gasteiger partial charge in [-0.15, -0.1) is 0 Å². The lowest BCUT2D eigenvalue weighted by Gasteiger charge is -2.03. The van der Waals surface area contributed by atoms with Crippen LogP contribution in [0.1, 0.15) is 10.5 Å². The molecule has 1 N–H and O–H groups in total. The average molecular weight is 267 g/mol. The number of carbonyl (C=O) groups is 1. The molecule has 2 aromatic heterocycles. The number of methoxy groups -OCH3 is 1. The maximum atomic E-state index is 10.9. The van der Waals surface area contributed by atoms with Crippen molar-refractivity contribution in [1.82, 2.24) is 19.9 Å². The van der Waals surface area contributed by atoms with Crippen molar-refractivity contribution < 1.29 is 14.6 Å². The predicted octanol–water partition coefficient (Wildman–Crippen LogP) is 1.29. The first-order valence-electron chi connectivity index (χ1n) is 4.74. The second-order valence-corrected chi connectivity index (χ2v) is 3.55. The summed E-state index contributed by atoms with van der Waals surface area (Å²) in [5.41, 5.74) is 0.0697. The Morgan fingerprint density at radius 3 is 2.83 bits per heavy atom. The van der Waals surface area contributed by atoms with E-state index in [0.29, 0.717) is 11.6 Å². The van der Waals surface area contributed by atoms with E-state index in [1.807, 2.05) is 0 Å². The van der Waals surface area contributed by atoms with E-state index in [4.69, 9.17) is 21.4 Å². The van der Waals surface area contributed by atoms with Crippen LogP contribution in [0.25, 0.3) is 11.5 Å². The van der Waals surface area contributed by atoms with Gasteiger partial charge >= 0.3 is 5.97 Å². The molecule has 0 atom stereocenters. The molecule has 2 rings (SSSR count). The molecule has 0 aromatic carbocycles. The summed E-state index contributed by atoms with van der Waals surface area (Å²) in [6.07, 6.45) is 2.48. The number of rotatable bonds is 3. The van der Waals surface area contributed by atoms with Gasteiger partial charge in [-0.1, -0.05) is 11.6 Å². The molecule has 0 aliphatic carbocycles. The highest BCUT2D eigenvalue weighted by molar-refractivity contribution is 6.33. The van der Waals surface area contributed by atoms with Gasteiger partial charge in [0.2, 0.25) is 5.88 Å². The maximum Gasteiger partial charge on any atom is 0.356 e. The van der Waals surface area contributed by atoms with Crippen LogP contribution in [0.5, 0.6) is 5.88 Å². The van der Waals surface area contributed by atoms with E-state index in [9.17, 15) is 4.79 Å². The molecule has 2 aromatic rings. The molecule has 0 radical (unpaired) electrons. The van der Waals surface area contributed by atoms with Gasteiger partial charge in [-0.25, -0.2) is 24.7 Å². The lowest BCUT2D eigenvalue weighted by Crippen LogP contribution is -2.04. The molecule has 0 bridgehead atoms. The lowest BCUT2D eigenvalue weighted by atomic mass is 10.3. The molecule has 0 saturated heterocycles. The molecule has 2 heterocycles. The molecule has 8 heteroatoms. The molecule has 0 saturated carbocycles. The average Bonchev–Trinajstić information content (AvgIpc) is 2.39. The van der Waals surface area contributed by atoms with Crippen LogP contribution in [-0.2, 0) is 0 Å². The van der Waals surface area contributed by atoms with Gasteiger partial charge in [-0.05, 0) is 0 Å². The summed E-state index contributed by atoms with van der Waals surface area (Å²) in [5, 5.41) is 8.87. The molecule has 92 valence electrons. The summed E-state index contributed by atoms with van der Waals surface area (Å²) in [7, 11) is 1.46. The first-order valence-corrected chi connectivity index (χ1v) is 5.12. The number of carboxylic acids is 1. The third-order valence-electron chi connectivity index (χ3n) is 2.03. The Bertz CT molecular complexity index is 605. The van der Waals surface area contributed by atoms with Crippen molar-refractivity contribution >= 4 is 17.6 Å². The second-order valence-electron chi connectivity index (χ2n) is 3.14. The van der Waals surface area contributed by atoms with Crippen LogP contribution in [0.15, 0.2) is 18.6 Å². The van der Waals surface area contributed by atoms with E-state index < -0.39 is 5.97 Å². The number of nitrogens with zero attached hydrogens (tertiary/aromatic N) is 4. The monoisotopic (exact) mass is 266 g/mol. The number of ether oxygens (including phenoxy) is 1. The summed E-state index contributed by atoms with van der Waals surface area (Å²) in [6.45, 7) is 0. The van der Waals surface area contributed by atoms with Crippen LogP contribution >= 0.6 is 11.6 Å². The number of aromatic carboxylic acids is 1. The Kier molecular flexibility index (Phi) is 3.33. The topological polar surface area (TPSA) is 98.1 Å². The highest BCUT2D eigenvalue weighted by Gasteiger charge is 2.14. The van der Waals surface area contributed by atoms with Crippen LogP contribution in [0.4, 0.5) is 0 Å². The number of hydrogen-bond acceptors (Lipinski definition) is 6. The SMILES string of the molecule is COc1cc(-c2ncc(Cl)c(C(=O)O)n2)ncn1. The molecule has 0 unspecified atom stereocenters. The molecular weight excluding hydrogens is 260 g/mol. The maximum absolute atomic E-state index is 10.9. The fourth-order valence-electron chi connectivity index (χ4n) is 1.21. The molecule has 0 fully saturated rings. The Hall–Kier alpha value is -2.28. The smallest absolute Gasteiger partial charge is 0.356 e. The van der Waals surface area contributed by atoms with Crippen LogP contribution in [0.2, 0.25) is 5.02 Å². The summed E-state index contributed by atoms with van der Waals surface area (Å²) in [6, 6.07) is 1.49. The van der Waals surface area contributed by atoms with Crippen molar-refractivity contribution in [3.63, 3.8) is 0 Å². The number of aromatic nitrogens is 4. The molecule has 0 aliphatic heterocycles. The fourth-order valence-corrected chi connectivity index (χ4v) is 1.39. The zero-order valence-corrected chi connectivity index (χ0v) is 9.92. The standard InChI is InChI=1S/C10H7ClN4O3/c1-18-7-2-6(13-4-14-7)9-12-3-5(11)8(15-9)10(16)17/h2-4H,1H3,(H,16,17). The normalized spacial score (nSPS) is 10.1. The zero-order valence-electron chi connectivity index (χ0n) is 9.16. The van der Waals surface area contributed by atoms with Gasteiger partial charge in [0.15, 0.2) is 11.5 Å². The van der Waals surface area contributed by atoms with E-state index in [0.717, 1.165) is 0 Å². The van der Waals surface area contributed by atoms with Crippen LogP contribution in [-0.4, -0.2) is 38.1 Å². The van der Waals surface area contributed by atoms with Crippen LogP contribution in [0, 0.1) is 0 Å². The minimum absolute atomic E-state index is 0.0349. The summed E-state index contributed by atoms with van der Waals surface area (Å²) >= 11 is 5.67. The summed E-state index contributed by atoms with van der Waals surface area (Å²) < 4.78 is 4.93. The first-order chi connectivity index (χ1) is 8.61. The van der Waals surface area contributed by atoms with Crippen molar-refractivity contribution in [2.75, 3.05) is 7.11 Å². The van der Waals surface area contributed by atoms with Gasteiger partial charge in [0.1, 0.15) is 12.0 Å². The fraction of sp³-hybridized carbons (Fsp3) is 0.100. The van der Waals surface area contributed by atoms with Crippen molar-refractivity contribution in [1.29, 1.82) is 0 Å². The third kappa shape index (κ3) is 2.35. The minimum Gasteiger partial charge on any atom is -0.481 e. The van der Waals surface area contributed by atoms with Gasteiger partial charge in [0.25, 0.3) is 0 Å². The zero-order chi connectivity index (χ0) is 13.1. The molecule has 7 nitrogen and oxygen atoms in total. The van der Waals surface area contributed by atoms with E-state index in [2.05, 4.69) is 19.9 Å².